The minimum absolute atomic E-state index is 0.799. The maximum absolute atomic E-state index is 5.81. The second kappa shape index (κ2) is 7.14. The first-order valence-corrected chi connectivity index (χ1v) is 7.56. The number of ether oxygens (including phenoxy) is 1. The fraction of sp³-hybridized carbons (Fsp3) is 0.714. The lowest BCUT2D eigenvalue weighted by molar-refractivity contribution is 0.0906. The summed E-state index contributed by atoms with van der Waals surface area (Å²) >= 11 is 1.87. The Hall–Kier alpha value is -0.380. The van der Waals surface area contributed by atoms with E-state index < -0.39 is 0 Å². The molecule has 0 bridgehead atoms. The molecule has 1 saturated carbocycles. The molecular formula is C14H23NOS. The highest BCUT2D eigenvalue weighted by Crippen LogP contribution is 2.25. The Morgan fingerprint density at radius 1 is 1.29 bits per heavy atom. The van der Waals surface area contributed by atoms with E-state index in [0.717, 1.165) is 32.2 Å². The van der Waals surface area contributed by atoms with Crippen LogP contribution in [0.15, 0.2) is 12.1 Å². The molecule has 2 rings (SSSR count). The summed E-state index contributed by atoms with van der Waals surface area (Å²) in [5.41, 5.74) is 0. The molecule has 1 aliphatic rings. The van der Waals surface area contributed by atoms with Gasteiger partial charge in [0.1, 0.15) is 0 Å². The normalized spacial score (nSPS) is 16.8. The van der Waals surface area contributed by atoms with Crippen molar-refractivity contribution in [3.05, 3.63) is 21.9 Å². The van der Waals surface area contributed by atoms with E-state index in [1.54, 1.807) is 0 Å². The molecule has 1 N–H and O–H groups in total. The predicted molar refractivity (Wildman–Crippen MR) is 73.3 cm³/mol. The van der Waals surface area contributed by atoms with Gasteiger partial charge in [0.05, 0.1) is 6.61 Å². The minimum atomic E-state index is 0.799. The Bertz CT molecular complexity index is 318. The van der Waals surface area contributed by atoms with Gasteiger partial charge in [0.2, 0.25) is 0 Å². The van der Waals surface area contributed by atoms with Crippen LogP contribution < -0.4 is 5.32 Å². The van der Waals surface area contributed by atoms with Crippen LogP contribution in [0, 0.1) is 5.92 Å². The standard InChI is InChI=1S/C14H23NOS/c1-2-15-9-13-7-8-14(17-13)11-16-10-12-5-3-4-6-12/h7-8,12,15H,2-6,9-11H2,1H3. The van der Waals surface area contributed by atoms with Crippen LogP contribution >= 0.6 is 11.3 Å². The van der Waals surface area contributed by atoms with Gasteiger partial charge in [-0.15, -0.1) is 11.3 Å². The summed E-state index contributed by atoms with van der Waals surface area (Å²) < 4.78 is 5.81. The molecule has 2 nitrogen and oxygen atoms in total. The summed E-state index contributed by atoms with van der Waals surface area (Å²) in [7, 11) is 0. The van der Waals surface area contributed by atoms with E-state index in [1.165, 1.54) is 35.4 Å². The van der Waals surface area contributed by atoms with Gasteiger partial charge in [-0.05, 0) is 37.4 Å². The van der Waals surface area contributed by atoms with E-state index in [2.05, 4.69) is 24.4 Å². The second-order valence-corrected chi connectivity index (χ2v) is 6.07. The Balaban J connectivity index is 1.65. The van der Waals surface area contributed by atoms with E-state index >= 15 is 0 Å². The van der Waals surface area contributed by atoms with Crippen molar-refractivity contribution in [1.82, 2.24) is 5.32 Å². The maximum atomic E-state index is 5.81. The average Bonchev–Trinajstić information content (AvgIpc) is 2.98. The summed E-state index contributed by atoms with van der Waals surface area (Å²) in [6.45, 7) is 5.92. The van der Waals surface area contributed by atoms with E-state index in [4.69, 9.17) is 4.74 Å². The van der Waals surface area contributed by atoms with E-state index in [1.807, 2.05) is 11.3 Å². The van der Waals surface area contributed by atoms with Crippen LogP contribution in [0.1, 0.15) is 42.4 Å². The Kier molecular flexibility index (Phi) is 5.49. The number of nitrogens with one attached hydrogen (secondary N) is 1. The molecule has 1 aliphatic carbocycles. The molecule has 0 atom stereocenters. The molecule has 1 aromatic rings. The highest BCUT2D eigenvalue weighted by Gasteiger charge is 2.14. The fourth-order valence-electron chi connectivity index (χ4n) is 2.35. The maximum Gasteiger partial charge on any atom is 0.0809 e. The SMILES string of the molecule is CCNCc1ccc(COCC2CCCC2)s1. The lowest BCUT2D eigenvalue weighted by Gasteiger charge is -2.08. The number of thiophene rings is 1. The molecule has 3 heteroatoms. The largest absolute Gasteiger partial charge is 0.376 e. The third-order valence-corrected chi connectivity index (χ3v) is 4.40. The van der Waals surface area contributed by atoms with Crippen LogP contribution in [-0.2, 0) is 17.9 Å². The number of rotatable bonds is 7. The average molecular weight is 253 g/mol. The van der Waals surface area contributed by atoms with Gasteiger partial charge in [0.15, 0.2) is 0 Å². The van der Waals surface area contributed by atoms with Gasteiger partial charge in [-0.3, -0.25) is 0 Å². The summed E-state index contributed by atoms with van der Waals surface area (Å²) in [4.78, 5) is 2.77. The van der Waals surface area contributed by atoms with Gasteiger partial charge < -0.3 is 10.1 Å². The van der Waals surface area contributed by atoms with Crippen molar-refractivity contribution in [1.29, 1.82) is 0 Å². The molecule has 1 aromatic heterocycles. The number of hydrogen-bond acceptors (Lipinski definition) is 3. The van der Waals surface area contributed by atoms with Crippen molar-refractivity contribution in [2.45, 2.75) is 45.8 Å². The Morgan fingerprint density at radius 2 is 2.06 bits per heavy atom. The van der Waals surface area contributed by atoms with Gasteiger partial charge >= 0.3 is 0 Å². The molecule has 0 aromatic carbocycles. The zero-order valence-corrected chi connectivity index (χ0v) is 11.5. The predicted octanol–water partition coefficient (Wildman–Crippen LogP) is 3.56. The summed E-state index contributed by atoms with van der Waals surface area (Å²) in [6.07, 6.45) is 5.55. The van der Waals surface area contributed by atoms with Crippen LogP contribution in [0.4, 0.5) is 0 Å². The van der Waals surface area contributed by atoms with Crippen molar-refractivity contribution >= 4 is 11.3 Å². The monoisotopic (exact) mass is 253 g/mol. The molecule has 17 heavy (non-hydrogen) atoms. The van der Waals surface area contributed by atoms with Gasteiger partial charge in [0, 0.05) is 22.9 Å². The summed E-state index contributed by atoms with van der Waals surface area (Å²) in [5, 5.41) is 3.35. The third kappa shape index (κ3) is 4.41. The first-order valence-electron chi connectivity index (χ1n) is 6.74. The van der Waals surface area contributed by atoms with Crippen LogP contribution in [0.3, 0.4) is 0 Å². The minimum Gasteiger partial charge on any atom is -0.376 e. The quantitative estimate of drug-likeness (QED) is 0.802. The van der Waals surface area contributed by atoms with Crippen molar-refractivity contribution < 1.29 is 4.74 Å². The van der Waals surface area contributed by atoms with Crippen molar-refractivity contribution in [3.63, 3.8) is 0 Å². The molecule has 0 unspecified atom stereocenters. The summed E-state index contributed by atoms with van der Waals surface area (Å²) in [5.74, 6) is 0.830. The zero-order chi connectivity index (χ0) is 11.9. The molecule has 0 saturated heterocycles. The van der Waals surface area contributed by atoms with E-state index in [9.17, 15) is 0 Å². The second-order valence-electron chi connectivity index (χ2n) is 4.81. The molecular weight excluding hydrogens is 230 g/mol. The first kappa shape index (κ1) is 13.1. The third-order valence-electron chi connectivity index (χ3n) is 3.34. The Labute approximate surface area is 108 Å². The van der Waals surface area contributed by atoms with Gasteiger partial charge in [0.25, 0.3) is 0 Å². The fourth-order valence-corrected chi connectivity index (χ4v) is 3.27. The molecule has 0 aliphatic heterocycles. The van der Waals surface area contributed by atoms with Gasteiger partial charge in [-0.1, -0.05) is 19.8 Å². The van der Waals surface area contributed by atoms with Gasteiger partial charge in [-0.2, -0.15) is 0 Å². The molecule has 1 fully saturated rings. The lowest BCUT2D eigenvalue weighted by atomic mass is 10.1. The molecule has 0 radical (unpaired) electrons. The highest BCUT2D eigenvalue weighted by molar-refractivity contribution is 7.11. The molecule has 0 spiro atoms. The molecule has 96 valence electrons. The van der Waals surface area contributed by atoms with Crippen molar-refractivity contribution in [3.8, 4) is 0 Å². The smallest absolute Gasteiger partial charge is 0.0809 e. The Morgan fingerprint density at radius 3 is 2.82 bits per heavy atom. The zero-order valence-electron chi connectivity index (χ0n) is 10.7. The summed E-state index contributed by atoms with van der Waals surface area (Å²) in [6, 6.07) is 4.41. The van der Waals surface area contributed by atoms with Crippen molar-refractivity contribution in [2.75, 3.05) is 13.2 Å². The van der Waals surface area contributed by atoms with Crippen LogP contribution in [0.5, 0.6) is 0 Å². The molecule has 1 heterocycles. The number of hydrogen-bond donors (Lipinski definition) is 1. The van der Waals surface area contributed by atoms with Crippen molar-refractivity contribution in [2.24, 2.45) is 5.92 Å². The van der Waals surface area contributed by atoms with E-state index in [0.29, 0.717) is 0 Å². The highest BCUT2D eigenvalue weighted by atomic mass is 32.1. The lowest BCUT2D eigenvalue weighted by Crippen LogP contribution is -2.10. The topological polar surface area (TPSA) is 21.3 Å². The van der Waals surface area contributed by atoms with Crippen LogP contribution in [0.25, 0.3) is 0 Å². The van der Waals surface area contributed by atoms with Crippen LogP contribution in [-0.4, -0.2) is 13.2 Å². The van der Waals surface area contributed by atoms with Crippen LogP contribution in [0.2, 0.25) is 0 Å². The first-order chi connectivity index (χ1) is 8.38. The molecule has 0 amide bonds. The van der Waals surface area contributed by atoms with E-state index in [-0.39, 0.29) is 0 Å². The van der Waals surface area contributed by atoms with Gasteiger partial charge in [-0.25, -0.2) is 0 Å².